The van der Waals surface area contributed by atoms with Crippen LogP contribution < -0.4 is 10.5 Å². The molecular formula is C32H43N3O8. The third kappa shape index (κ3) is 5.09. The van der Waals surface area contributed by atoms with Crippen LogP contribution >= 0.6 is 0 Å². The smallest absolute Gasteiger partial charge is 0.235 e. The number of hydrogen-bond acceptors (Lipinski definition) is 10. The molecule has 11 heteroatoms. The molecule has 3 fully saturated rings. The topological polar surface area (TPSA) is 168 Å². The van der Waals surface area contributed by atoms with Crippen LogP contribution in [0.15, 0.2) is 6.07 Å². The normalized spacial score (nSPS) is 31.5. The minimum absolute atomic E-state index is 0.000375. The largest absolute Gasteiger partial charge is 0.507 e. The first-order chi connectivity index (χ1) is 20.3. The van der Waals surface area contributed by atoms with Crippen LogP contribution in [-0.2, 0) is 32.1 Å². The van der Waals surface area contributed by atoms with Crippen molar-refractivity contribution in [2.45, 2.75) is 69.6 Å². The number of phenols is 1. The van der Waals surface area contributed by atoms with E-state index in [1.807, 2.05) is 7.05 Å². The number of ether oxygens (including phenoxy) is 1. The van der Waals surface area contributed by atoms with Gasteiger partial charge in [-0.2, -0.15) is 0 Å². The molecule has 0 saturated heterocycles. The summed E-state index contributed by atoms with van der Waals surface area (Å²) in [6.45, 7) is 1.39. The Kier molecular flexibility index (Phi) is 8.54. The van der Waals surface area contributed by atoms with E-state index in [9.17, 15) is 34.2 Å². The van der Waals surface area contributed by atoms with Crippen LogP contribution in [0.25, 0.3) is 0 Å². The van der Waals surface area contributed by atoms with Gasteiger partial charge in [0.15, 0.2) is 34.7 Å². The maximum absolute atomic E-state index is 14.0. The van der Waals surface area contributed by atoms with E-state index in [0.717, 1.165) is 12.1 Å². The van der Waals surface area contributed by atoms with E-state index in [-0.39, 0.29) is 24.2 Å². The number of aromatic hydroxyl groups is 1. The SMILES string of the molecule is COc1c(CN(C)CC2CCCCCC2)cc(O)c2c1C[C@H]1C[C@H]3[C@H](N(C)C)C(=O)C(C(N)=O)C(=O)[C@@]3(O)C(=O)C1C2=O. The molecule has 0 bridgehead atoms. The molecule has 1 amide bonds. The Hall–Kier alpha value is -3.15. The van der Waals surface area contributed by atoms with Crippen molar-refractivity contribution in [1.82, 2.24) is 9.80 Å². The first kappa shape index (κ1) is 31.3. The summed E-state index contributed by atoms with van der Waals surface area (Å²) < 4.78 is 5.83. The number of amides is 1. The number of nitrogens with two attached hydrogens (primary N) is 1. The van der Waals surface area contributed by atoms with Gasteiger partial charge in [0.25, 0.3) is 0 Å². The number of fused-ring (bicyclic) bond motifs is 3. The lowest BCUT2D eigenvalue weighted by Gasteiger charge is -2.52. The summed E-state index contributed by atoms with van der Waals surface area (Å²) in [5.41, 5.74) is 3.79. The summed E-state index contributed by atoms with van der Waals surface area (Å²) in [5, 5.41) is 22.9. The molecule has 0 spiro atoms. The van der Waals surface area contributed by atoms with Crippen molar-refractivity contribution >= 4 is 29.0 Å². The minimum atomic E-state index is -2.74. The fourth-order valence-corrected chi connectivity index (χ4v) is 8.43. The zero-order valence-corrected chi connectivity index (χ0v) is 25.4. The van der Waals surface area contributed by atoms with E-state index in [2.05, 4.69) is 4.90 Å². The van der Waals surface area contributed by atoms with Crippen LogP contribution in [0.2, 0.25) is 0 Å². The van der Waals surface area contributed by atoms with E-state index in [4.69, 9.17) is 10.5 Å². The standard InChI is InChI=1S/C32H43N3O8/c1-34(2)25-20-12-17-11-19-23(26(37)22(17)29(39)32(20,42)30(40)24(27(25)38)31(33)41)21(36)13-18(28(19)43-4)15-35(3)14-16-9-7-5-6-8-10-16/h13,16-17,20,22,24-25,36,42H,5-12,14-15H2,1-4H3,(H2,33,41)/t17-,20-,22?,24?,25-,32-/m0/s1. The van der Waals surface area contributed by atoms with Crippen molar-refractivity contribution in [3.8, 4) is 11.5 Å². The van der Waals surface area contributed by atoms with Gasteiger partial charge in [-0.05, 0) is 64.7 Å². The summed E-state index contributed by atoms with van der Waals surface area (Å²) >= 11 is 0. The first-order valence-corrected chi connectivity index (χ1v) is 15.3. The second-order valence-electron chi connectivity index (χ2n) is 13.3. The number of methoxy groups -OCH3 is 1. The van der Waals surface area contributed by atoms with Crippen LogP contribution in [0.4, 0.5) is 0 Å². The molecule has 0 aromatic heterocycles. The van der Waals surface area contributed by atoms with Crippen LogP contribution in [0, 0.1) is 29.6 Å². The molecule has 234 valence electrons. The molecule has 3 saturated carbocycles. The number of primary amides is 1. The summed E-state index contributed by atoms with van der Waals surface area (Å²) in [6, 6.07) is 0.362. The molecule has 6 atom stereocenters. The molecule has 4 aliphatic carbocycles. The van der Waals surface area contributed by atoms with Gasteiger partial charge in [0.2, 0.25) is 5.91 Å². The van der Waals surface area contributed by atoms with E-state index < -0.39 is 64.4 Å². The van der Waals surface area contributed by atoms with Crippen molar-refractivity contribution < 1.29 is 38.9 Å². The number of likely N-dealkylation sites (N-methyl/N-ethyl adjacent to an activating group) is 1. The molecule has 0 heterocycles. The molecule has 1 aromatic rings. The van der Waals surface area contributed by atoms with Gasteiger partial charge >= 0.3 is 0 Å². The summed E-state index contributed by atoms with van der Waals surface area (Å²) in [6.07, 6.45) is 7.55. The molecule has 1 aromatic carbocycles. The van der Waals surface area contributed by atoms with Gasteiger partial charge in [-0.25, -0.2) is 0 Å². The van der Waals surface area contributed by atoms with Crippen molar-refractivity contribution in [1.29, 1.82) is 0 Å². The van der Waals surface area contributed by atoms with Crippen LogP contribution in [0.1, 0.15) is 66.4 Å². The minimum Gasteiger partial charge on any atom is -0.507 e. The predicted molar refractivity (Wildman–Crippen MR) is 155 cm³/mol. The Morgan fingerprint density at radius 2 is 1.72 bits per heavy atom. The highest BCUT2D eigenvalue weighted by molar-refractivity contribution is 6.32. The second-order valence-corrected chi connectivity index (χ2v) is 13.3. The fraction of sp³-hybridized carbons (Fsp3) is 0.656. The van der Waals surface area contributed by atoms with E-state index in [0.29, 0.717) is 23.8 Å². The lowest BCUT2D eigenvalue weighted by atomic mass is 9.52. The molecule has 5 rings (SSSR count). The zero-order chi connectivity index (χ0) is 31.4. The highest BCUT2D eigenvalue weighted by atomic mass is 16.5. The Morgan fingerprint density at radius 3 is 2.30 bits per heavy atom. The third-order valence-electron chi connectivity index (χ3n) is 10.3. The maximum atomic E-state index is 14.0. The lowest BCUT2D eigenvalue weighted by Crippen LogP contribution is -2.74. The number of ketones is 4. The molecule has 43 heavy (non-hydrogen) atoms. The summed E-state index contributed by atoms with van der Waals surface area (Å²) in [5.74, 6) is -9.52. The number of carbonyl (C=O) groups is 5. The number of phenolic OH excluding ortho intramolecular Hbond substituents is 1. The van der Waals surface area contributed by atoms with Gasteiger partial charge in [-0.3, -0.25) is 28.9 Å². The van der Waals surface area contributed by atoms with Gasteiger partial charge in [0, 0.05) is 30.1 Å². The van der Waals surface area contributed by atoms with E-state index in [1.165, 1.54) is 56.6 Å². The van der Waals surface area contributed by atoms with Gasteiger partial charge in [0.1, 0.15) is 11.5 Å². The van der Waals surface area contributed by atoms with Crippen LogP contribution in [0.5, 0.6) is 11.5 Å². The second kappa shape index (κ2) is 11.7. The summed E-state index contributed by atoms with van der Waals surface area (Å²) in [4.78, 5) is 70.5. The van der Waals surface area contributed by atoms with Crippen LogP contribution in [-0.4, -0.2) is 95.5 Å². The maximum Gasteiger partial charge on any atom is 0.235 e. The average molecular weight is 598 g/mol. The van der Waals surface area contributed by atoms with Crippen molar-refractivity contribution in [3.05, 3.63) is 22.8 Å². The number of Topliss-reactive ketones (excluding diaryl/α,β-unsaturated/α-hetero) is 4. The molecular weight excluding hydrogens is 554 g/mol. The van der Waals surface area contributed by atoms with Gasteiger partial charge < -0.3 is 25.6 Å². The number of carbonyl (C=O) groups excluding carboxylic acids is 5. The number of rotatable bonds is 7. The highest BCUT2D eigenvalue weighted by Gasteiger charge is 2.69. The van der Waals surface area contributed by atoms with Crippen molar-refractivity contribution in [2.75, 3.05) is 34.8 Å². The Bertz CT molecular complexity index is 1350. The molecule has 0 radical (unpaired) electrons. The Balaban J connectivity index is 1.50. The quantitative estimate of drug-likeness (QED) is 0.308. The van der Waals surface area contributed by atoms with Gasteiger partial charge in [-0.1, -0.05) is 25.7 Å². The molecule has 4 N–H and O–H groups in total. The van der Waals surface area contributed by atoms with Crippen molar-refractivity contribution in [3.63, 3.8) is 0 Å². The monoisotopic (exact) mass is 597 g/mol. The number of nitrogens with zero attached hydrogens (tertiary/aromatic N) is 2. The zero-order valence-electron chi connectivity index (χ0n) is 25.4. The third-order valence-corrected chi connectivity index (χ3v) is 10.3. The first-order valence-electron chi connectivity index (χ1n) is 15.3. The number of benzene rings is 1. The number of aliphatic hydroxyl groups is 1. The molecule has 2 unspecified atom stereocenters. The van der Waals surface area contributed by atoms with E-state index in [1.54, 1.807) is 14.1 Å². The molecule has 11 nitrogen and oxygen atoms in total. The highest BCUT2D eigenvalue weighted by Crippen LogP contribution is 2.52. The predicted octanol–water partition coefficient (Wildman–Crippen LogP) is 1.28. The lowest BCUT2D eigenvalue weighted by molar-refractivity contribution is -0.181. The van der Waals surface area contributed by atoms with Gasteiger partial charge in [-0.15, -0.1) is 0 Å². The van der Waals surface area contributed by atoms with E-state index >= 15 is 0 Å². The molecule has 0 aliphatic heterocycles. The van der Waals surface area contributed by atoms with Crippen molar-refractivity contribution in [2.24, 2.45) is 35.3 Å². The Labute approximate surface area is 251 Å². The fourth-order valence-electron chi connectivity index (χ4n) is 8.43. The Morgan fingerprint density at radius 1 is 1.07 bits per heavy atom. The number of hydrogen-bond donors (Lipinski definition) is 3. The average Bonchev–Trinajstić information content (AvgIpc) is 3.19. The summed E-state index contributed by atoms with van der Waals surface area (Å²) in [7, 11) is 6.66. The molecule has 4 aliphatic rings. The van der Waals surface area contributed by atoms with Gasteiger partial charge in [0.05, 0.1) is 24.6 Å². The van der Waals surface area contributed by atoms with Crippen LogP contribution in [0.3, 0.4) is 0 Å².